The number of carbonyl (C=O) groups excluding carboxylic acids is 1. The number of carboxylic acids is 1. The first-order chi connectivity index (χ1) is 12.1. The van der Waals surface area contributed by atoms with Gasteiger partial charge in [-0.05, 0) is 23.6 Å². The second-order valence-electron chi connectivity index (χ2n) is 6.16. The second-order valence-corrected chi connectivity index (χ2v) is 6.16. The number of carbonyl (C=O) groups is 2. The molecule has 1 aliphatic rings. The number of carboxylic acid groups (broad SMARTS) is 1. The number of aliphatic carboxylic acids is 1. The average molecular weight is 339 g/mol. The molecule has 130 valence electrons. The molecule has 0 bridgehead atoms. The lowest BCUT2D eigenvalue weighted by Crippen LogP contribution is -2.46. The van der Waals surface area contributed by atoms with Gasteiger partial charge in [-0.15, -0.1) is 0 Å². The fraction of sp³-hybridized carbons (Fsp3) is 0.300. The first kappa shape index (κ1) is 17.2. The van der Waals surface area contributed by atoms with Crippen molar-refractivity contribution in [3.8, 4) is 0 Å². The summed E-state index contributed by atoms with van der Waals surface area (Å²) in [6.07, 6.45) is 0.151. The Kier molecular flexibility index (Phi) is 5.46. The van der Waals surface area contributed by atoms with E-state index in [4.69, 9.17) is 9.84 Å². The van der Waals surface area contributed by atoms with Gasteiger partial charge >= 0.3 is 5.97 Å². The summed E-state index contributed by atoms with van der Waals surface area (Å²) in [6, 6.07) is 17.6. The van der Waals surface area contributed by atoms with Gasteiger partial charge in [0.2, 0.25) is 0 Å². The van der Waals surface area contributed by atoms with E-state index in [2.05, 4.69) is 0 Å². The van der Waals surface area contributed by atoms with Gasteiger partial charge in [0.05, 0.1) is 19.1 Å². The molecule has 0 radical (unpaired) electrons. The summed E-state index contributed by atoms with van der Waals surface area (Å²) in [5.41, 5.74) is 2.79. The summed E-state index contributed by atoms with van der Waals surface area (Å²) < 4.78 is 5.46. The van der Waals surface area contributed by atoms with Crippen molar-refractivity contribution >= 4 is 11.9 Å². The number of ether oxygens (including phenoxy) is 1. The minimum absolute atomic E-state index is 0.0646. The SMILES string of the molecule is O=C(O)C[C@@H]1CN(C(=O)c2ccccc2Cc2ccccc2)CCO1. The van der Waals surface area contributed by atoms with E-state index in [0.29, 0.717) is 31.7 Å². The van der Waals surface area contributed by atoms with Crippen LogP contribution in [0.2, 0.25) is 0 Å². The number of rotatable bonds is 5. The van der Waals surface area contributed by atoms with Crippen LogP contribution in [0.15, 0.2) is 54.6 Å². The van der Waals surface area contributed by atoms with Crippen molar-refractivity contribution in [2.24, 2.45) is 0 Å². The minimum atomic E-state index is -0.913. The molecule has 1 amide bonds. The fourth-order valence-electron chi connectivity index (χ4n) is 3.09. The molecule has 1 atom stereocenters. The highest BCUT2D eigenvalue weighted by atomic mass is 16.5. The second kappa shape index (κ2) is 7.94. The smallest absolute Gasteiger partial charge is 0.306 e. The van der Waals surface area contributed by atoms with E-state index in [9.17, 15) is 9.59 Å². The highest BCUT2D eigenvalue weighted by molar-refractivity contribution is 5.96. The van der Waals surface area contributed by atoms with Gasteiger partial charge in [0.1, 0.15) is 0 Å². The number of hydrogen-bond donors (Lipinski definition) is 1. The zero-order chi connectivity index (χ0) is 17.6. The van der Waals surface area contributed by atoms with Crippen LogP contribution < -0.4 is 0 Å². The normalized spacial score (nSPS) is 17.3. The molecule has 1 fully saturated rings. The molecule has 1 N–H and O–H groups in total. The number of amides is 1. The molecule has 1 aliphatic heterocycles. The Morgan fingerprint density at radius 1 is 1.08 bits per heavy atom. The van der Waals surface area contributed by atoms with Crippen molar-refractivity contribution < 1.29 is 19.4 Å². The number of nitrogens with zero attached hydrogens (tertiary/aromatic N) is 1. The van der Waals surface area contributed by atoms with Crippen molar-refractivity contribution in [3.63, 3.8) is 0 Å². The number of morpholine rings is 1. The molecule has 2 aromatic carbocycles. The summed E-state index contributed by atoms with van der Waals surface area (Å²) in [5.74, 6) is -0.978. The highest BCUT2D eigenvalue weighted by Crippen LogP contribution is 2.18. The summed E-state index contributed by atoms with van der Waals surface area (Å²) in [5, 5.41) is 8.93. The fourth-order valence-corrected chi connectivity index (χ4v) is 3.09. The summed E-state index contributed by atoms with van der Waals surface area (Å²) in [4.78, 5) is 25.5. The van der Waals surface area contributed by atoms with Crippen molar-refractivity contribution in [1.82, 2.24) is 4.90 Å². The monoisotopic (exact) mass is 339 g/mol. The Bertz CT molecular complexity index is 744. The molecule has 5 heteroatoms. The van der Waals surface area contributed by atoms with Gasteiger partial charge in [0, 0.05) is 18.7 Å². The maximum Gasteiger partial charge on any atom is 0.306 e. The molecule has 2 aromatic rings. The van der Waals surface area contributed by atoms with E-state index < -0.39 is 12.1 Å². The number of benzene rings is 2. The molecule has 1 heterocycles. The maximum atomic E-state index is 13.0. The molecule has 0 aromatic heterocycles. The molecular formula is C20H21NO4. The Morgan fingerprint density at radius 3 is 2.56 bits per heavy atom. The zero-order valence-corrected chi connectivity index (χ0v) is 13.9. The topological polar surface area (TPSA) is 66.8 Å². The van der Waals surface area contributed by atoms with Gasteiger partial charge in [-0.1, -0.05) is 48.5 Å². The standard InChI is InChI=1S/C20H21NO4/c22-19(23)13-17-14-21(10-11-25-17)20(24)18-9-5-4-8-16(18)12-15-6-2-1-3-7-15/h1-9,17H,10-14H2,(H,22,23)/t17-/m1/s1. The minimum Gasteiger partial charge on any atom is -0.481 e. The summed E-state index contributed by atoms with van der Waals surface area (Å²) in [6.45, 7) is 1.16. The van der Waals surface area contributed by atoms with Gasteiger partial charge in [0.15, 0.2) is 0 Å². The van der Waals surface area contributed by atoms with E-state index >= 15 is 0 Å². The lowest BCUT2D eigenvalue weighted by atomic mass is 9.98. The molecule has 25 heavy (non-hydrogen) atoms. The van der Waals surface area contributed by atoms with Crippen LogP contribution in [0.3, 0.4) is 0 Å². The van der Waals surface area contributed by atoms with Crippen LogP contribution in [0.25, 0.3) is 0 Å². The Hall–Kier alpha value is -2.66. The van der Waals surface area contributed by atoms with Crippen LogP contribution in [0, 0.1) is 0 Å². The molecule has 1 saturated heterocycles. The highest BCUT2D eigenvalue weighted by Gasteiger charge is 2.27. The number of hydrogen-bond acceptors (Lipinski definition) is 3. The van der Waals surface area contributed by atoms with Gasteiger partial charge in [-0.2, -0.15) is 0 Å². The van der Waals surface area contributed by atoms with Crippen molar-refractivity contribution in [2.45, 2.75) is 18.9 Å². The third-order valence-corrected chi connectivity index (χ3v) is 4.31. The average Bonchev–Trinajstić information content (AvgIpc) is 2.62. The Balaban J connectivity index is 1.77. The molecule has 5 nitrogen and oxygen atoms in total. The first-order valence-electron chi connectivity index (χ1n) is 8.38. The Morgan fingerprint density at radius 2 is 1.80 bits per heavy atom. The van der Waals surface area contributed by atoms with Crippen LogP contribution in [0.4, 0.5) is 0 Å². The van der Waals surface area contributed by atoms with E-state index in [1.165, 1.54) is 0 Å². The maximum absolute atomic E-state index is 13.0. The van der Waals surface area contributed by atoms with Crippen LogP contribution in [0.5, 0.6) is 0 Å². The van der Waals surface area contributed by atoms with Crippen molar-refractivity contribution in [1.29, 1.82) is 0 Å². The molecule has 0 unspecified atom stereocenters. The zero-order valence-electron chi connectivity index (χ0n) is 13.9. The van der Waals surface area contributed by atoms with Crippen molar-refractivity contribution in [3.05, 3.63) is 71.3 Å². The van der Waals surface area contributed by atoms with E-state index in [0.717, 1.165) is 11.1 Å². The molecule has 0 aliphatic carbocycles. The summed E-state index contributed by atoms with van der Waals surface area (Å²) >= 11 is 0. The third kappa shape index (κ3) is 4.45. The third-order valence-electron chi connectivity index (χ3n) is 4.31. The first-order valence-corrected chi connectivity index (χ1v) is 8.38. The van der Waals surface area contributed by atoms with E-state index in [-0.39, 0.29) is 12.3 Å². The van der Waals surface area contributed by atoms with Gasteiger partial charge in [-0.3, -0.25) is 9.59 Å². The lowest BCUT2D eigenvalue weighted by Gasteiger charge is -2.32. The predicted octanol–water partition coefficient (Wildman–Crippen LogP) is 2.59. The molecule has 0 saturated carbocycles. The van der Waals surface area contributed by atoms with Gasteiger partial charge < -0.3 is 14.7 Å². The predicted molar refractivity (Wildman–Crippen MR) is 93.6 cm³/mol. The van der Waals surface area contributed by atoms with Crippen LogP contribution in [-0.4, -0.2) is 47.7 Å². The van der Waals surface area contributed by atoms with Gasteiger partial charge in [0.25, 0.3) is 5.91 Å². The van der Waals surface area contributed by atoms with E-state index in [1.54, 1.807) is 4.90 Å². The quantitative estimate of drug-likeness (QED) is 0.909. The van der Waals surface area contributed by atoms with Crippen LogP contribution >= 0.6 is 0 Å². The molecular weight excluding hydrogens is 318 g/mol. The molecule has 0 spiro atoms. The lowest BCUT2D eigenvalue weighted by molar-refractivity contribution is -0.141. The van der Waals surface area contributed by atoms with E-state index in [1.807, 2.05) is 54.6 Å². The van der Waals surface area contributed by atoms with Crippen LogP contribution in [-0.2, 0) is 16.0 Å². The molecule has 3 rings (SSSR count). The van der Waals surface area contributed by atoms with Crippen molar-refractivity contribution in [2.75, 3.05) is 19.7 Å². The summed E-state index contributed by atoms with van der Waals surface area (Å²) in [7, 11) is 0. The van der Waals surface area contributed by atoms with Crippen LogP contribution in [0.1, 0.15) is 27.9 Å². The largest absolute Gasteiger partial charge is 0.481 e. The van der Waals surface area contributed by atoms with Gasteiger partial charge in [-0.25, -0.2) is 0 Å². The Labute approximate surface area is 146 Å².